The maximum absolute atomic E-state index is 13.2. The Bertz CT molecular complexity index is 1510. The largest absolute Gasteiger partial charge is 0.497 e. The lowest BCUT2D eigenvalue weighted by Gasteiger charge is -2.32. The van der Waals surface area contributed by atoms with Gasteiger partial charge in [-0.3, -0.25) is 9.20 Å². The van der Waals surface area contributed by atoms with Crippen LogP contribution in [0.1, 0.15) is 12.8 Å². The summed E-state index contributed by atoms with van der Waals surface area (Å²) in [5, 5.41) is 5.18. The van der Waals surface area contributed by atoms with Crippen LogP contribution < -0.4 is 15.0 Å². The quantitative estimate of drug-likeness (QED) is 0.330. The van der Waals surface area contributed by atoms with E-state index < -0.39 is 0 Å². The summed E-state index contributed by atoms with van der Waals surface area (Å²) in [6.07, 6.45) is 7.11. The number of imidazole rings is 1. The molecule has 0 spiro atoms. The molecule has 0 aliphatic carbocycles. The van der Waals surface area contributed by atoms with Crippen molar-refractivity contribution in [3.05, 3.63) is 78.7 Å². The van der Waals surface area contributed by atoms with E-state index in [0.29, 0.717) is 0 Å². The third kappa shape index (κ3) is 4.77. The minimum absolute atomic E-state index is 0.0507. The molecule has 0 atom stereocenters. The van der Waals surface area contributed by atoms with E-state index in [2.05, 4.69) is 20.2 Å². The van der Waals surface area contributed by atoms with Gasteiger partial charge in [-0.05, 0) is 43.2 Å². The average molecular weight is 511 g/mol. The van der Waals surface area contributed by atoms with Crippen molar-refractivity contribution in [1.29, 1.82) is 0 Å². The SMILES string of the molecule is COc1ccc(-c2cc(N3CCC(C(=O)Nc4ccccc4-c4cn5ccsc5n4)CC3)ncn2)cc1. The normalized spacial score (nSPS) is 14.1. The van der Waals surface area contributed by atoms with E-state index in [9.17, 15) is 4.79 Å². The van der Waals surface area contributed by atoms with Gasteiger partial charge in [0.05, 0.1) is 24.2 Å². The standard InChI is InChI=1S/C28H26N6O2S/c1-36-21-8-6-19(7-9-21)24-16-26(30-18-29-24)33-12-10-20(11-13-33)27(35)31-23-5-3-2-4-22(23)25-17-34-14-15-37-28(34)32-25/h2-9,14-18,20H,10-13H2,1H3,(H,31,35). The molecular formula is C28H26N6O2S. The van der Waals surface area contributed by atoms with Crippen LogP contribution in [0.5, 0.6) is 5.75 Å². The molecular weight excluding hydrogens is 484 g/mol. The summed E-state index contributed by atoms with van der Waals surface area (Å²) in [5.41, 5.74) is 4.45. The molecule has 37 heavy (non-hydrogen) atoms. The van der Waals surface area contributed by atoms with Crippen molar-refractivity contribution in [1.82, 2.24) is 19.4 Å². The number of nitrogens with one attached hydrogen (secondary N) is 1. The first-order valence-corrected chi connectivity index (χ1v) is 13.1. The molecule has 2 aromatic carbocycles. The van der Waals surface area contributed by atoms with E-state index >= 15 is 0 Å². The Morgan fingerprint density at radius 3 is 2.65 bits per heavy atom. The first-order valence-electron chi connectivity index (χ1n) is 12.2. The van der Waals surface area contributed by atoms with E-state index in [-0.39, 0.29) is 11.8 Å². The molecule has 1 N–H and O–H groups in total. The first kappa shape index (κ1) is 23.2. The topological polar surface area (TPSA) is 84.7 Å². The Labute approximate surface area is 218 Å². The van der Waals surface area contributed by atoms with Crippen LogP contribution in [-0.2, 0) is 4.79 Å². The fraction of sp³-hybridized carbons (Fsp3) is 0.214. The molecule has 3 aromatic heterocycles. The molecule has 0 radical (unpaired) electrons. The van der Waals surface area contributed by atoms with Crippen molar-refractivity contribution in [2.75, 3.05) is 30.4 Å². The number of amides is 1. The van der Waals surface area contributed by atoms with Crippen LogP contribution in [-0.4, -0.2) is 45.5 Å². The summed E-state index contributed by atoms with van der Waals surface area (Å²) in [6.45, 7) is 1.52. The van der Waals surface area contributed by atoms with Gasteiger partial charge in [0.1, 0.15) is 17.9 Å². The van der Waals surface area contributed by atoms with Crippen LogP contribution >= 0.6 is 11.3 Å². The third-order valence-electron chi connectivity index (χ3n) is 6.78. The minimum atomic E-state index is -0.0577. The third-order valence-corrected chi connectivity index (χ3v) is 7.55. The number of hydrogen-bond donors (Lipinski definition) is 1. The van der Waals surface area contributed by atoms with Gasteiger partial charge >= 0.3 is 0 Å². The highest BCUT2D eigenvalue weighted by Gasteiger charge is 2.26. The lowest BCUT2D eigenvalue weighted by atomic mass is 9.95. The van der Waals surface area contributed by atoms with Gasteiger partial charge in [0.25, 0.3) is 0 Å². The Balaban J connectivity index is 1.11. The second-order valence-electron chi connectivity index (χ2n) is 9.01. The molecule has 0 bridgehead atoms. The van der Waals surface area contributed by atoms with Crippen molar-refractivity contribution in [2.24, 2.45) is 5.92 Å². The Morgan fingerprint density at radius 1 is 1.05 bits per heavy atom. The molecule has 9 heteroatoms. The van der Waals surface area contributed by atoms with Gasteiger partial charge in [0, 0.05) is 54.0 Å². The van der Waals surface area contributed by atoms with Crippen molar-refractivity contribution < 1.29 is 9.53 Å². The Kier molecular flexibility index (Phi) is 6.28. The highest BCUT2D eigenvalue weighted by molar-refractivity contribution is 7.15. The highest BCUT2D eigenvalue weighted by Crippen LogP contribution is 2.31. The lowest BCUT2D eigenvalue weighted by molar-refractivity contribution is -0.120. The zero-order valence-electron chi connectivity index (χ0n) is 20.4. The molecule has 186 valence electrons. The number of ether oxygens (including phenoxy) is 1. The second kappa shape index (κ2) is 10.0. The maximum atomic E-state index is 13.2. The summed E-state index contributed by atoms with van der Waals surface area (Å²) in [6, 6.07) is 17.7. The predicted octanol–water partition coefficient (Wildman–Crippen LogP) is 5.38. The number of anilines is 2. The summed E-state index contributed by atoms with van der Waals surface area (Å²) in [4.78, 5) is 30.0. The van der Waals surface area contributed by atoms with Gasteiger partial charge in [-0.1, -0.05) is 18.2 Å². The van der Waals surface area contributed by atoms with Gasteiger partial charge in [-0.25, -0.2) is 15.0 Å². The van der Waals surface area contributed by atoms with Gasteiger partial charge in [-0.2, -0.15) is 0 Å². The second-order valence-corrected chi connectivity index (χ2v) is 9.88. The minimum Gasteiger partial charge on any atom is -0.497 e. The molecule has 1 aliphatic heterocycles. The van der Waals surface area contributed by atoms with E-state index in [0.717, 1.165) is 70.7 Å². The number of rotatable bonds is 6. The van der Waals surface area contributed by atoms with E-state index in [1.807, 2.05) is 76.8 Å². The summed E-state index contributed by atoms with van der Waals surface area (Å²) < 4.78 is 7.25. The van der Waals surface area contributed by atoms with Crippen LogP contribution in [0.4, 0.5) is 11.5 Å². The molecule has 1 saturated heterocycles. The zero-order valence-corrected chi connectivity index (χ0v) is 21.2. The zero-order chi connectivity index (χ0) is 25.2. The number of hydrogen-bond acceptors (Lipinski definition) is 7. The summed E-state index contributed by atoms with van der Waals surface area (Å²) in [5.74, 6) is 1.68. The van der Waals surface area contributed by atoms with Gasteiger partial charge < -0.3 is 15.0 Å². The lowest BCUT2D eigenvalue weighted by Crippen LogP contribution is -2.38. The van der Waals surface area contributed by atoms with Crippen molar-refractivity contribution in [3.63, 3.8) is 0 Å². The molecule has 8 nitrogen and oxygen atoms in total. The van der Waals surface area contributed by atoms with Gasteiger partial charge in [0.15, 0.2) is 4.96 Å². The van der Waals surface area contributed by atoms with Crippen molar-refractivity contribution in [3.8, 4) is 28.3 Å². The van der Waals surface area contributed by atoms with Gasteiger partial charge in [0.2, 0.25) is 5.91 Å². The number of aromatic nitrogens is 4. The maximum Gasteiger partial charge on any atom is 0.227 e. The number of para-hydroxylation sites is 1. The molecule has 6 rings (SSSR count). The Hall–Kier alpha value is -4.24. The molecule has 0 saturated carbocycles. The fourth-order valence-corrected chi connectivity index (χ4v) is 5.42. The number of methoxy groups -OCH3 is 1. The van der Waals surface area contributed by atoms with E-state index in [1.54, 1.807) is 24.8 Å². The highest BCUT2D eigenvalue weighted by atomic mass is 32.1. The average Bonchev–Trinajstić information content (AvgIpc) is 3.56. The van der Waals surface area contributed by atoms with Crippen LogP contribution in [0.3, 0.4) is 0 Å². The van der Waals surface area contributed by atoms with E-state index in [1.165, 1.54) is 0 Å². The van der Waals surface area contributed by atoms with Crippen LogP contribution in [0, 0.1) is 5.92 Å². The smallest absolute Gasteiger partial charge is 0.227 e. The molecule has 5 aromatic rings. The number of carbonyl (C=O) groups excluding carboxylic acids is 1. The van der Waals surface area contributed by atoms with E-state index in [4.69, 9.17) is 9.72 Å². The molecule has 1 fully saturated rings. The number of piperidine rings is 1. The summed E-state index contributed by atoms with van der Waals surface area (Å²) in [7, 11) is 1.65. The molecule has 0 unspecified atom stereocenters. The monoisotopic (exact) mass is 510 g/mol. The number of benzene rings is 2. The molecule has 4 heterocycles. The van der Waals surface area contributed by atoms with Crippen molar-refractivity contribution in [2.45, 2.75) is 12.8 Å². The summed E-state index contributed by atoms with van der Waals surface area (Å²) >= 11 is 1.59. The number of thiazole rings is 1. The Morgan fingerprint density at radius 2 is 1.86 bits per heavy atom. The number of nitrogens with zero attached hydrogens (tertiary/aromatic N) is 5. The number of carbonyl (C=O) groups is 1. The van der Waals surface area contributed by atoms with Crippen LogP contribution in [0.2, 0.25) is 0 Å². The number of fused-ring (bicyclic) bond motifs is 1. The predicted molar refractivity (Wildman–Crippen MR) is 146 cm³/mol. The molecule has 1 amide bonds. The van der Waals surface area contributed by atoms with Gasteiger partial charge in [-0.15, -0.1) is 11.3 Å². The van der Waals surface area contributed by atoms with Crippen molar-refractivity contribution >= 4 is 33.7 Å². The van der Waals surface area contributed by atoms with Crippen LogP contribution in [0.15, 0.2) is 78.7 Å². The molecule has 1 aliphatic rings. The first-order chi connectivity index (χ1) is 18.2. The fourth-order valence-electron chi connectivity index (χ4n) is 4.72. The van der Waals surface area contributed by atoms with Crippen LogP contribution in [0.25, 0.3) is 27.5 Å².